The second-order valence-electron chi connectivity index (χ2n) is 4.28. The topological polar surface area (TPSA) is 67.9 Å². The first-order chi connectivity index (χ1) is 8.60. The zero-order valence-corrected chi connectivity index (χ0v) is 10.6. The van der Waals surface area contributed by atoms with Gasteiger partial charge in [-0.1, -0.05) is 13.8 Å². The van der Waals surface area contributed by atoms with Crippen LogP contribution in [0.3, 0.4) is 0 Å². The smallest absolute Gasteiger partial charge is 0.251 e. The van der Waals surface area contributed by atoms with Crippen LogP contribution in [-0.2, 0) is 0 Å². The zero-order chi connectivity index (χ0) is 13.1. The van der Waals surface area contributed by atoms with Crippen molar-refractivity contribution in [2.24, 2.45) is 0 Å². The lowest BCUT2D eigenvalue weighted by Crippen LogP contribution is -2.12. The quantitative estimate of drug-likeness (QED) is 0.897. The fourth-order valence-corrected chi connectivity index (χ4v) is 1.57. The molecule has 18 heavy (non-hydrogen) atoms. The van der Waals surface area contributed by atoms with Crippen LogP contribution in [0.4, 0.5) is 0 Å². The fraction of sp³-hybridized carbons (Fsp3) is 0.308. The number of aromatic amines is 1. The average Bonchev–Trinajstić information content (AvgIpc) is 2.38. The summed E-state index contributed by atoms with van der Waals surface area (Å²) in [5.41, 5.74) is 1.21. The van der Waals surface area contributed by atoms with E-state index in [1.165, 1.54) is 6.07 Å². The maximum atomic E-state index is 11.6. The summed E-state index contributed by atoms with van der Waals surface area (Å²) in [5, 5.41) is 0. The Kier molecular flexibility index (Phi) is 3.41. The van der Waals surface area contributed by atoms with E-state index in [1.807, 2.05) is 13.8 Å². The molecule has 2 heterocycles. The number of rotatable bonds is 3. The molecule has 2 aromatic rings. The van der Waals surface area contributed by atoms with Crippen molar-refractivity contribution < 1.29 is 4.74 Å². The summed E-state index contributed by atoms with van der Waals surface area (Å²) < 4.78 is 5.11. The van der Waals surface area contributed by atoms with E-state index < -0.39 is 0 Å². The fourth-order valence-electron chi connectivity index (χ4n) is 1.57. The molecule has 0 saturated carbocycles. The van der Waals surface area contributed by atoms with E-state index >= 15 is 0 Å². The van der Waals surface area contributed by atoms with Crippen molar-refractivity contribution in [1.82, 2.24) is 15.0 Å². The Labute approximate surface area is 105 Å². The minimum Gasteiger partial charge on any atom is -0.495 e. The first-order valence-corrected chi connectivity index (χ1v) is 5.71. The zero-order valence-electron chi connectivity index (χ0n) is 10.6. The Morgan fingerprint density at radius 1 is 1.28 bits per heavy atom. The number of H-pyrrole nitrogens is 1. The van der Waals surface area contributed by atoms with Crippen molar-refractivity contribution in [1.29, 1.82) is 0 Å². The first kappa shape index (κ1) is 12.3. The number of nitrogens with one attached hydrogen (secondary N) is 1. The monoisotopic (exact) mass is 245 g/mol. The molecular weight excluding hydrogens is 230 g/mol. The standard InChI is InChI=1S/C13H15N3O2/c1-8(2)13-15-11(5-12(17)16-13)9-4-10(18-3)7-14-6-9/h4-8H,1-3H3,(H,15,16,17). The Bertz CT molecular complexity index is 605. The minimum absolute atomic E-state index is 0.161. The van der Waals surface area contributed by atoms with Crippen LogP contribution in [-0.4, -0.2) is 22.1 Å². The molecule has 2 rings (SSSR count). The molecule has 0 spiro atoms. The molecule has 5 heteroatoms. The van der Waals surface area contributed by atoms with Gasteiger partial charge in [0.2, 0.25) is 0 Å². The highest BCUT2D eigenvalue weighted by Crippen LogP contribution is 2.20. The Morgan fingerprint density at radius 3 is 2.72 bits per heavy atom. The van der Waals surface area contributed by atoms with E-state index in [0.29, 0.717) is 17.3 Å². The van der Waals surface area contributed by atoms with Gasteiger partial charge in [0, 0.05) is 23.7 Å². The number of pyridine rings is 1. The summed E-state index contributed by atoms with van der Waals surface area (Å²) in [6.45, 7) is 3.96. The molecule has 0 amide bonds. The van der Waals surface area contributed by atoms with Gasteiger partial charge in [-0.25, -0.2) is 4.98 Å². The highest BCUT2D eigenvalue weighted by molar-refractivity contribution is 5.59. The predicted octanol–water partition coefficient (Wildman–Crippen LogP) is 1.96. The van der Waals surface area contributed by atoms with Crippen molar-refractivity contribution in [2.75, 3.05) is 7.11 Å². The summed E-state index contributed by atoms with van der Waals surface area (Å²) in [7, 11) is 1.57. The van der Waals surface area contributed by atoms with E-state index in [9.17, 15) is 4.79 Å². The van der Waals surface area contributed by atoms with Gasteiger partial charge in [-0.05, 0) is 6.07 Å². The molecule has 0 unspecified atom stereocenters. The third-order valence-electron chi connectivity index (χ3n) is 2.55. The Hall–Kier alpha value is -2.17. The van der Waals surface area contributed by atoms with Crippen molar-refractivity contribution in [3.8, 4) is 17.0 Å². The van der Waals surface area contributed by atoms with Crippen molar-refractivity contribution in [2.45, 2.75) is 19.8 Å². The SMILES string of the molecule is COc1cncc(-c2cc(=O)[nH]c(C(C)C)n2)c1. The molecule has 0 radical (unpaired) electrons. The van der Waals surface area contributed by atoms with Crippen LogP contribution < -0.4 is 10.3 Å². The highest BCUT2D eigenvalue weighted by Gasteiger charge is 2.08. The maximum Gasteiger partial charge on any atom is 0.251 e. The van der Waals surface area contributed by atoms with Crippen LogP contribution >= 0.6 is 0 Å². The number of nitrogens with zero attached hydrogens (tertiary/aromatic N) is 2. The predicted molar refractivity (Wildman–Crippen MR) is 68.7 cm³/mol. The molecular formula is C13H15N3O2. The molecule has 0 aliphatic heterocycles. The van der Waals surface area contributed by atoms with Crippen LogP contribution in [0.15, 0.2) is 29.3 Å². The summed E-state index contributed by atoms with van der Waals surface area (Å²) in [6, 6.07) is 3.27. The van der Waals surface area contributed by atoms with E-state index in [-0.39, 0.29) is 11.5 Å². The second kappa shape index (κ2) is 5.00. The van der Waals surface area contributed by atoms with Crippen molar-refractivity contribution >= 4 is 0 Å². The summed E-state index contributed by atoms with van der Waals surface area (Å²) in [5.74, 6) is 1.47. The summed E-state index contributed by atoms with van der Waals surface area (Å²) in [6.07, 6.45) is 3.27. The van der Waals surface area contributed by atoms with Gasteiger partial charge >= 0.3 is 0 Å². The lowest BCUT2D eigenvalue weighted by atomic mass is 10.1. The Morgan fingerprint density at radius 2 is 2.06 bits per heavy atom. The molecule has 1 N–H and O–H groups in total. The lowest BCUT2D eigenvalue weighted by molar-refractivity contribution is 0.413. The van der Waals surface area contributed by atoms with Gasteiger partial charge in [-0.15, -0.1) is 0 Å². The lowest BCUT2D eigenvalue weighted by Gasteiger charge is -2.07. The van der Waals surface area contributed by atoms with Gasteiger partial charge in [0.05, 0.1) is 19.0 Å². The summed E-state index contributed by atoms with van der Waals surface area (Å²) in [4.78, 5) is 22.8. The molecule has 0 saturated heterocycles. The third kappa shape index (κ3) is 2.56. The van der Waals surface area contributed by atoms with Crippen LogP contribution in [0.1, 0.15) is 25.6 Å². The summed E-state index contributed by atoms with van der Waals surface area (Å²) >= 11 is 0. The van der Waals surface area contributed by atoms with Crippen molar-refractivity contribution in [3.63, 3.8) is 0 Å². The molecule has 94 valence electrons. The van der Waals surface area contributed by atoms with E-state index in [4.69, 9.17) is 4.74 Å². The van der Waals surface area contributed by atoms with Gasteiger partial charge in [-0.3, -0.25) is 9.78 Å². The normalized spacial score (nSPS) is 10.7. The maximum absolute atomic E-state index is 11.6. The van der Waals surface area contributed by atoms with Gasteiger partial charge in [0.25, 0.3) is 5.56 Å². The molecule has 0 aliphatic carbocycles. The number of hydrogen-bond acceptors (Lipinski definition) is 4. The van der Waals surface area contributed by atoms with Crippen LogP contribution in [0.25, 0.3) is 11.3 Å². The molecule has 2 aromatic heterocycles. The number of methoxy groups -OCH3 is 1. The molecule has 0 fully saturated rings. The largest absolute Gasteiger partial charge is 0.495 e. The molecule has 0 aliphatic rings. The van der Waals surface area contributed by atoms with Crippen LogP contribution in [0.2, 0.25) is 0 Å². The van der Waals surface area contributed by atoms with Gasteiger partial charge in [0.1, 0.15) is 11.6 Å². The van der Waals surface area contributed by atoms with Crippen LogP contribution in [0.5, 0.6) is 5.75 Å². The molecule has 0 aromatic carbocycles. The third-order valence-corrected chi connectivity index (χ3v) is 2.55. The van der Waals surface area contributed by atoms with E-state index in [2.05, 4.69) is 15.0 Å². The number of ether oxygens (including phenoxy) is 1. The number of hydrogen-bond donors (Lipinski definition) is 1. The average molecular weight is 245 g/mol. The van der Waals surface area contributed by atoms with Gasteiger partial charge < -0.3 is 9.72 Å². The molecule has 5 nitrogen and oxygen atoms in total. The second-order valence-corrected chi connectivity index (χ2v) is 4.28. The van der Waals surface area contributed by atoms with E-state index in [0.717, 1.165) is 5.56 Å². The molecule has 0 atom stereocenters. The van der Waals surface area contributed by atoms with Gasteiger partial charge in [0.15, 0.2) is 0 Å². The molecule has 0 bridgehead atoms. The van der Waals surface area contributed by atoms with Gasteiger partial charge in [-0.2, -0.15) is 0 Å². The highest BCUT2D eigenvalue weighted by atomic mass is 16.5. The Balaban J connectivity index is 2.52. The minimum atomic E-state index is -0.161. The first-order valence-electron chi connectivity index (χ1n) is 5.71. The number of aromatic nitrogens is 3. The van der Waals surface area contributed by atoms with E-state index in [1.54, 1.807) is 25.6 Å². The van der Waals surface area contributed by atoms with Crippen molar-refractivity contribution in [3.05, 3.63) is 40.7 Å². The van der Waals surface area contributed by atoms with Crippen LogP contribution in [0, 0.1) is 0 Å².